The van der Waals surface area contributed by atoms with Gasteiger partial charge in [0, 0.05) is 11.8 Å². The number of rotatable bonds is 2. The standard InChI is InChI=1S/C15H17ClFN3/c1-9-18-13(16)8-14(19-9)20-10-5-6-11(12(17)7-10)15(2,3)4/h5-8H,1-4H3,(H,18,19,20). The molecule has 2 rings (SSSR count). The Hall–Kier alpha value is -1.68. The van der Waals surface area contributed by atoms with E-state index in [-0.39, 0.29) is 11.2 Å². The highest BCUT2D eigenvalue weighted by atomic mass is 35.5. The Morgan fingerprint density at radius 2 is 1.85 bits per heavy atom. The first kappa shape index (κ1) is 14.7. The lowest BCUT2D eigenvalue weighted by atomic mass is 9.86. The summed E-state index contributed by atoms with van der Waals surface area (Å²) >= 11 is 5.87. The average molecular weight is 294 g/mol. The second-order valence-corrected chi connectivity index (χ2v) is 6.08. The Kier molecular flexibility index (Phi) is 3.95. The van der Waals surface area contributed by atoms with Gasteiger partial charge in [0.25, 0.3) is 0 Å². The molecule has 0 unspecified atom stereocenters. The number of aromatic nitrogens is 2. The minimum absolute atomic E-state index is 0.225. The molecule has 0 aliphatic rings. The van der Waals surface area contributed by atoms with Crippen molar-refractivity contribution in [1.82, 2.24) is 9.97 Å². The molecule has 20 heavy (non-hydrogen) atoms. The Balaban J connectivity index is 2.29. The summed E-state index contributed by atoms with van der Waals surface area (Å²) in [6.07, 6.45) is 0. The van der Waals surface area contributed by atoms with Crippen LogP contribution in [-0.2, 0) is 5.41 Å². The number of nitrogens with one attached hydrogen (secondary N) is 1. The molecule has 0 aliphatic heterocycles. The van der Waals surface area contributed by atoms with Crippen molar-refractivity contribution in [2.75, 3.05) is 5.32 Å². The van der Waals surface area contributed by atoms with Crippen LogP contribution in [0, 0.1) is 12.7 Å². The number of aryl methyl sites for hydroxylation is 1. The normalized spacial score (nSPS) is 11.5. The molecule has 5 heteroatoms. The monoisotopic (exact) mass is 293 g/mol. The summed E-state index contributed by atoms with van der Waals surface area (Å²) in [6, 6.07) is 6.68. The molecule has 1 aromatic heterocycles. The van der Waals surface area contributed by atoms with E-state index in [4.69, 9.17) is 11.6 Å². The minimum atomic E-state index is -0.237. The number of nitrogens with zero attached hydrogens (tertiary/aromatic N) is 2. The summed E-state index contributed by atoms with van der Waals surface area (Å²) in [4.78, 5) is 8.18. The molecule has 0 atom stereocenters. The van der Waals surface area contributed by atoms with Gasteiger partial charge in [0.1, 0.15) is 22.6 Å². The van der Waals surface area contributed by atoms with Crippen LogP contribution in [0.25, 0.3) is 0 Å². The van der Waals surface area contributed by atoms with E-state index in [9.17, 15) is 4.39 Å². The van der Waals surface area contributed by atoms with Crippen molar-refractivity contribution in [2.24, 2.45) is 0 Å². The lowest BCUT2D eigenvalue weighted by Gasteiger charge is -2.20. The van der Waals surface area contributed by atoms with Gasteiger partial charge in [-0.3, -0.25) is 0 Å². The quantitative estimate of drug-likeness (QED) is 0.821. The van der Waals surface area contributed by atoms with Crippen molar-refractivity contribution in [1.29, 1.82) is 0 Å². The van der Waals surface area contributed by atoms with Crippen molar-refractivity contribution >= 4 is 23.1 Å². The van der Waals surface area contributed by atoms with E-state index in [2.05, 4.69) is 15.3 Å². The second-order valence-electron chi connectivity index (χ2n) is 5.69. The number of halogens is 2. The number of benzene rings is 1. The van der Waals surface area contributed by atoms with Gasteiger partial charge < -0.3 is 5.32 Å². The second kappa shape index (κ2) is 5.37. The molecule has 1 N–H and O–H groups in total. The molecule has 1 heterocycles. The van der Waals surface area contributed by atoms with Crippen LogP contribution >= 0.6 is 11.6 Å². The molecule has 1 aromatic carbocycles. The number of anilines is 2. The van der Waals surface area contributed by atoms with Crippen LogP contribution in [0.15, 0.2) is 24.3 Å². The average Bonchev–Trinajstić information content (AvgIpc) is 2.25. The lowest BCUT2D eigenvalue weighted by Crippen LogP contribution is -2.13. The van der Waals surface area contributed by atoms with Crippen molar-refractivity contribution < 1.29 is 4.39 Å². The van der Waals surface area contributed by atoms with E-state index in [1.54, 1.807) is 19.1 Å². The van der Waals surface area contributed by atoms with Crippen LogP contribution in [0.3, 0.4) is 0 Å². The van der Waals surface area contributed by atoms with E-state index < -0.39 is 0 Å². The summed E-state index contributed by atoms with van der Waals surface area (Å²) in [5, 5.41) is 3.38. The summed E-state index contributed by atoms with van der Waals surface area (Å²) < 4.78 is 14.1. The van der Waals surface area contributed by atoms with Crippen LogP contribution < -0.4 is 5.32 Å². The molecule has 0 bridgehead atoms. The van der Waals surface area contributed by atoms with E-state index in [0.717, 1.165) is 0 Å². The summed E-state index contributed by atoms with van der Waals surface area (Å²) in [6.45, 7) is 7.69. The molecular weight excluding hydrogens is 277 g/mol. The summed E-state index contributed by atoms with van der Waals surface area (Å²) in [7, 11) is 0. The zero-order chi connectivity index (χ0) is 14.9. The smallest absolute Gasteiger partial charge is 0.135 e. The van der Waals surface area contributed by atoms with Gasteiger partial charge in [0.2, 0.25) is 0 Å². The Morgan fingerprint density at radius 3 is 2.40 bits per heavy atom. The molecule has 0 fully saturated rings. The minimum Gasteiger partial charge on any atom is -0.340 e. The van der Waals surface area contributed by atoms with Gasteiger partial charge >= 0.3 is 0 Å². The van der Waals surface area contributed by atoms with Crippen molar-refractivity contribution in [2.45, 2.75) is 33.1 Å². The maximum atomic E-state index is 14.1. The van der Waals surface area contributed by atoms with Gasteiger partial charge in [-0.05, 0) is 30.0 Å². The van der Waals surface area contributed by atoms with Gasteiger partial charge in [-0.1, -0.05) is 38.4 Å². The molecule has 0 radical (unpaired) electrons. The van der Waals surface area contributed by atoms with Crippen molar-refractivity contribution in [3.8, 4) is 0 Å². The van der Waals surface area contributed by atoms with E-state index in [1.807, 2.05) is 26.8 Å². The largest absolute Gasteiger partial charge is 0.340 e. The van der Waals surface area contributed by atoms with E-state index >= 15 is 0 Å². The maximum Gasteiger partial charge on any atom is 0.135 e. The van der Waals surface area contributed by atoms with Crippen LogP contribution in [0.2, 0.25) is 5.15 Å². The third kappa shape index (κ3) is 3.45. The predicted octanol–water partition coefficient (Wildman–Crippen LogP) is 4.62. The first-order chi connectivity index (χ1) is 9.25. The zero-order valence-electron chi connectivity index (χ0n) is 12.0. The summed E-state index contributed by atoms with van der Waals surface area (Å²) in [5.74, 6) is 0.872. The molecule has 0 saturated heterocycles. The van der Waals surface area contributed by atoms with Crippen molar-refractivity contribution in [3.63, 3.8) is 0 Å². The highest BCUT2D eigenvalue weighted by Gasteiger charge is 2.18. The third-order valence-electron chi connectivity index (χ3n) is 2.86. The fourth-order valence-electron chi connectivity index (χ4n) is 1.94. The highest BCUT2D eigenvalue weighted by Crippen LogP contribution is 2.28. The Morgan fingerprint density at radius 1 is 1.15 bits per heavy atom. The van der Waals surface area contributed by atoms with Crippen LogP contribution in [0.1, 0.15) is 32.2 Å². The molecule has 0 aliphatic carbocycles. The summed E-state index contributed by atoms with van der Waals surface area (Å²) in [5.41, 5.74) is 1.09. The van der Waals surface area contributed by atoms with Crippen LogP contribution in [0.5, 0.6) is 0 Å². The van der Waals surface area contributed by atoms with Gasteiger partial charge in [-0.25, -0.2) is 14.4 Å². The molecule has 3 nitrogen and oxygen atoms in total. The first-order valence-corrected chi connectivity index (χ1v) is 6.72. The molecular formula is C15H17ClFN3. The van der Waals surface area contributed by atoms with Crippen LogP contribution in [0.4, 0.5) is 15.9 Å². The molecule has 106 valence electrons. The fraction of sp³-hybridized carbons (Fsp3) is 0.333. The SMILES string of the molecule is Cc1nc(Cl)cc(Nc2ccc(C(C)(C)C)c(F)c2)n1. The predicted molar refractivity (Wildman–Crippen MR) is 80.2 cm³/mol. The van der Waals surface area contributed by atoms with Gasteiger partial charge in [0.05, 0.1) is 0 Å². The third-order valence-corrected chi connectivity index (χ3v) is 3.05. The first-order valence-electron chi connectivity index (χ1n) is 6.34. The highest BCUT2D eigenvalue weighted by molar-refractivity contribution is 6.29. The number of hydrogen-bond acceptors (Lipinski definition) is 3. The Bertz CT molecular complexity index is 615. The molecule has 0 amide bonds. The molecule has 0 spiro atoms. The fourth-order valence-corrected chi connectivity index (χ4v) is 2.17. The molecule has 2 aromatic rings. The molecule has 0 saturated carbocycles. The van der Waals surface area contributed by atoms with Crippen molar-refractivity contribution in [3.05, 3.63) is 46.6 Å². The lowest BCUT2D eigenvalue weighted by molar-refractivity contribution is 0.523. The van der Waals surface area contributed by atoms with Gasteiger partial charge in [-0.2, -0.15) is 0 Å². The van der Waals surface area contributed by atoms with E-state index in [0.29, 0.717) is 28.0 Å². The maximum absolute atomic E-state index is 14.1. The van der Waals surface area contributed by atoms with E-state index in [1.165, 1.54) is 6.07 Å². The Labute approximate surface area is 123 Å². The topological polar surface area (TPSA) is 37.8 Å². The van der Waals surface area contributed by atoms with Gasteiger partial charge in [0.15, 0.2) is 0 Å². The van der Waals surface area contributed by atoms with Crippen LogP contribution in [-0.4, -0.2) is 9.97 Å². The van der Waals surface area contributed by atoms with Gasteiger partial charge in [-0.15, -0.1) is 0 Å². The number of hydrogen-bond donors (Lipinski definition) is 1. The zero-order valence-corrected chi connectivity index (χ0v) is 12.7.